The van der Waals surface area contributed by atoms with Crippen LogP contribution in [0.25, 0.3) is 0 Å². The average molecular weight is 194 g/mol. The van der Waals surface area contributed by atoms with Crippen molar-refractivity contribution in [3.8, 4) is 0 Å². The first-order valence-corrected chi connectivity index (χ1v) is 4.91. The van der Waals surface area contributed by atoms with Crippen LogP contribution in [0.3, 0.4) is 0 Å². The summed E-state index contributed by atoms with van der Waals surface area (Å²) in [6.45, 7) is 1.97. The molecule has 4 heteroatoms. The second kappa shape index (κ2) is 3.53. The lowest BCUT2D eigenvalue weighted by Crippen LogP contribution is -2.25. The Labute approximate surface area is 82.2 Å². The first-order chi connectivity index (χ1) is 6.66. The predicted octanol–water partition coefficient (Wildman–Crippen LogP) is 0.502. The largest absolute Gasteiger partial charge is 0.392 e. The molecule has 1 atom stereocenters. The van der Waals surface area contributed by atoms with E-state index in [0.29, 0.717) is 12.5 Å². The van der Waals surface area contributed by atoms with Crippen molar-refractivity contribution in [1.29, 1.82) is 0 Å². The molecule has 14 heavy (non-hydrogen) atoms. The van der Waals surface area contributed by atoms with E-state index < -0.39 is 6.10 Å². The number of nitrogens with zero attached hydrogens (tertiary/aromatic N) is 2. The van der Waals surface area contributed by atoms with Crippen molar-refractivity contribution in [2.45, 2.75) is 38.3 Å². The second-order valence-corrected chi connectivity index (χ2v) is 3.93. The molecule has 1 heterocycles. The van der Waals surface area contributed by atoms with Crippen LogP contribution in [0, 0.1) is 0 Å². The van der Waals surface area contributed by atoms with Gasteiger partial charge in [0.2, 0.25) is 0 Å². The quantitative estimate of drug-likeness (QED) is 0.762. The summed E-state index contributed by atoms with van der Waals surface area (Å²) in [5.74, 6) is 0.504. The SMILES string of the molecule is CC(O)Cn1cnc(C2CC2)cc1=O. The minimum absolute atomic E-state index is 0.0669. The monoisotopic (exact) mass is 194 g/mol. The molecule has 0 saturated heterocycles. The van der Waals surface area contributed by atoms with Crippen LogP contribution < -0.4 is 5.56 Å². The van der Waals surface area contributed by atoms with Crippen molar-refractivity contribution < 1.29 is 5.11 Å². The lowest BCUT2D eigenvalue weighted by Gasteiger charge is -2.07. The zero-order valence-electron chi connectivity index (χ0n) is 8.18. The van der Waals surface area contributed by atoms with E-state index in [4.69, 9.17) is 5.11 Å². The van der Waals surface area contributed by atoms with Crippen molar-refractivity contribution in [2.75, 3.05) is 0 Å². The van der Waals surface area contributed by atoms with Gasteiger partial charge >= 0.3 is 0 Å². The fourth-order valence-electron chi connectivity index (χ4n) is 1.46. The van der Waals surface area contributed by atoms with E-state index >= 15 is 0 Å². The maximum absolute atomic E-state index is 11.5. The van der Waals surface area contributed by atoms with Crippen LogP contribution >= 0.6 is 0 Å². The molecule has 1 fully saturated rings. The minimum Gasteiger partial charge on any atom is -0.392 e. The summed E-state index contributed by atoms with van der Waals surface area (Å²) in [6.07, 6.45) is 3.31. The molecule has 1 aromatic rings. The Kier molecular flexibility index (Phi) is 2.37. The third-order valence-electron chi connectivity index (χ3n) is 2.36. The first-order valence-electron chi connectivity index (χ1n) is 4.91. The summed E-state index contributed by atoms with van der Waals surface area (Å²) in [4.78, 5) is 15.7. The van der Waals surface area contributed by atoms with Gasteiger partial charge in [-0.2, -0.15) is 0 Å². The molecule has 0 spiro atoms. The highest BCUT2D eigenvalue weighted by atomic mass is 16.3. The number of hydrogen-bond acceptors (Lipinski definition) is 3. The van der Waals surface area contributed by atoms with Gasteiger partial charge in [-0.25, -0.2) is 4.98 Å². The van der Waals surface area contributed by atoms with Gasteiger partial charge in [-0.15, -0.1) is 0 Å². The summed E-state index contributed by atoms with van der Waals surface area (Å²) in [7, 11) is 0. The molecule has 2 rings (SSSR count). The van der Waals surface area contributed by atoms with E-state index in [-0.39, 0.29) is 5.56 Å². The van der Waals surface area contributed by atoms with Crippen LogP contribution in [0.1, 0.15) is 31.4 Å². The molecule has 4 nitrogen and oxygen atoms in total. The third kappa shape index (κ3) is 2.01. The van der Waals surface area contributed by atoms with Gasteiger partial charge in [-0.3, -0.25) is 9.36 Å². The van der Waals surface area contributed by atoms with Crippen molar-refractivity contribution in [3.63, 3.8) is 0 Å². The van der Waals surface area contributed by atoms with Gasteiger partial charge in [0, 0.05) is 12.0 Å². The molecule has 0 radical (unpaired) electrons. The Bertz CT molecular complexity index is 380. The van der Waals surface area contributed by atoms with Gasteiger partial charge in [0.05, 0.1) is 24.7 Å². The molecule has 0 amide bonds. The average Bonchev–Trinajstić information content (AvgIpc) is 2.90. The Balaban J connectivity index is 2.22. The fourth-order valence-corrected chi connectivity index (χ4v) is 1.46. The van der Waals surface area contributed by atoms with Gasteiger partial charge < -0.3 is 5.11 Å². The zero-order valence-corrected chi connectivity index (χ0v) is 8.18. The minimum atomic E-state index is -0.513. The maximum atomic E-state index is 11.5. The summed E-state index contributed by atoms with van der Waals surface area (Å²) in [5, 5.41) is 9.13. The van der Waals surface area contributed by atoms with Crippen LogP contribution in [0.15, 0.2) is 17.2 Å². The van der Waals surface area contributed by atoms with Gasteiger partial charge in [0.15, 0.2) is 0 Å². The number of aliphatic hydroxyl groups is 1. The topological polar surface area (TPSA) is 55.1 Å². The molecule has 76 valence electrons. The molecule has 1 saturated carbocycles. The molecule has 0 aliphatic heterocycles. The Morgan fingerprint density at radius 2 is 2.43 bits per heavy atom. The highest BCUT2D eigenvalue weighted by Crippen LogP contribution is 2.38. The Morgan fingerprint density at radius 1 is 1.71 bits per heavy atom. The molecule has 0 aromatic carbocycles. The molecule has 1 N–H and O–H groups in total. The fraction of sp³-hybridized carbons (Fsp3) is 0.600. The van der Waals surface area contributed by atoms with E-state index in [9.17, 15) is 4.79 Å². The first kappa shape index (κ1) is 9.40. The zero-order chi connectivity index (χ0) is 10.1. The summed E-state index contributed by atoms with van der Waals surface area (Å²) in [6, 6.07) is 1.58. The standard InChI is InChI=1S/C10H14N2O2/c1-7(13)5-12-6-11-9(4-10(12)14)8-2-3-8/h4,6-8,13H,2-3,5H2,1H3. The summed E-state index contributed by atoms with van der Waals surface area (Å²) >= 11 is 0. The molecule has 1 aliphatic carbocycles. The molecule has 1 aliphatic rings. The summed E-state index contributed by atoms with van der Waals surface area (Å²) < 4.78 is 1.44. The summed E-state index contributed by atoms with van der Waals surface area (Å²) in [5.41, 5.74) is 0.833. The third-order valence-corrected chi connectivity index (χ3v) is 2.36. The predicted molar refractivity (Wildman–Crippen MR) is 52.2 cm³/mol. The Morgan fingerprint density at radius 3 is 2.93 bits per heavy atom. The number of hydrogen-bond donors (Lipinski definition) is 1. The van der Waals surface area contributed by atoms with Crippen molar-refractivity contribution in [3.05, 3.63) is 28.4 Å². The van der Waals surface area contributed by atoms with Crippen LogP contribution in [-0.2, 0) is 6.54 Å². The molecule has 0 bridgehead atoms. The Hall–Kier alpha value is -1.16. The number of aliphatic hydroxyl groups excluding tert-OH is 1. The lowest BCUT2D eigenvalue weighted by molar-refractivity contribution is 0.171. The smallest absolute Gasteiger partial charge is 0.253 e. The van der Waals surface area contributed by atoms with Crippen LogP contribution in [0.4, 0.5) is 0 Å². The molecule has 1 unspecified atom stereocenters. The van der Waals surface area contributed by atoms with Gasteiger partial charge in [0.25, 0.3) is 5.56 Å². The van der Waals surface area contributed by atoms with E-state index in [2.05, 4.69) is 4.98 Å². The van der Waals surface area contributed by atoms with Crippen molar-refractivity contribution in [2.24, 2.45) is 0 Å². The van der Waals surface area contributed by atoms with E-state index in [0.717, 1.165) is 18.5 Å². The second-order valence-electron chi connectivity index (χ2n) is 3.93. The van der Waals surface area contributed by atoms with Crippen LogP contribution in [0.2, 0.25) is 0 Å². The van der Waals surface area contributed by atoms with Crippen LogP contribution in [-0.4, -0.2) is 20.8 Å². The maximum Gasteiger partial charge on any atom is 0.253 e. The van der Waals surface area contributed by atoms with E-state index in [1.165, 1.54) is 10.9 Å². The van der Waals surface area contributed by atoms with Crippen LogP contribution in [0.5, 0.6) is 0 Å². The molecular weight excluding hydrogens is 180 g/mol. The molecule has 1 aromatic heterocycles. The number of rotatable bonds is 3. The van der Waals surface area contributed by atoms with E-state index in [1.807, 2.05) is 0 Å². The highest BCUT2D eigenvalue weighted by molar-refractivity contribution is 5.12. The van der Waals surface area contributed by atoms with Crippen molar-refractivity contribution in [1.82, 2.24) is 9.55 Å². The highest BCUT2D eigenvalue weighted by Gasteiger charge is 2.25. The van der Waals surface area contributed by atoms with Gasteiger partial charge in [-0.1, -0.05) is 0 Å². The lowest BCUT2D eigenvalue weighted by atomic mass is 10.3. The van der Waals surface area contributed by atoms with Gasteiger partial charge in [0.1, 0.15) is 0 Å². The van der Waals surface area contributed by atoms with Crippen molar-refractivity contribution >= 4 is 0 Å². The van der Waals surface area contributed by atoms with E-state index in [1.54, 1.807) is 13.0 Å². The molecular formula is C10H14N2O2. The van der Waals surface area contributed by atoms with Gasteiger partial charge in [-0.05, 0) is 19.8 Å². The number of aromatic nitrogens is 2. The normalized spacial score (nSPS) is 18.1.